The molecule has 0 radical (unpaired) electrons. The quantitative estimate of drug-likeness (QED) is 0.857. The summed E-state index contributed by atoms with van der Waals surface area (Å²) < 4.78 is 0. The summed E-state index contributed by atoms with van der Waals surface area (Å²) in [6.07, 6.45) is 5.10. The summed E-state index contributed by atoms with van der Waals surface area (Å²) in [5.74, 6) is 2.19. The predicted octanol–water partition coefficient (Wildman–Crippen LogP) is 2.48. The highest BCUT2D eigenvalue weighted by molar-refractivity contribution is 7.08. The van der Waals surface area contributed by atoms with Gasteiger partial charge in [-0.3, -0.25) is 9.78 Å². The average Bonchev–Trinajstić information content (AvgIpc) is 2.89. The molecule has 0 aromatic carbocycles. The molecule has 0 aliphatic rings. The third kappa shape index (κ3) is 2.58. The number of rotatable bonds is 3. The number of terminal acetylenes is 1. The molecule has 1 amide bonds. The van der Waals surface area contributed by atoms with Crippen LogP contribution in [-0.4, -0.2) is 17.4 Å². The molecule has 0 saturated carbocycles. The smallest absolute Gasteiger partial charge is 0.253 e. The zero-order valence-electron chi connectivity index (χ0n) is 9.93. The van der Waals surface area contributed by atoms with Crippen molar-refractivity contribution in [2.24, 2.45) is 0 Å². The Morgan fingerprint density at radius 3 is 2.94 bits per heavy atom. The van der Waals surface area contributed by atoms with Crippen molar-refractivity contribution in [2.75, 3.05) is 6.54 Å². The molecular weight excluding hydrogens is 244 g/mol. The highest BCUT2D eigenvalue weighted by atomic mass is 32.1. The molecule has 0 spiro atoms. The molecule has 2 rings (SSSR count). The second kappa shape index (κ2) is 5.48. The third-order valence-electron chi connectivity index (χ3n) is 2.50. The molecule has 1 N–H and O–H groups in total. The summed E-state index contributed by atoms with van der Waals surface area (Å²) in [7, 11) is 0. The van der Waals surface area contributed by atoms with Crippen LogP contribution in [0.3, 0.4) is 0 Å². The molecular formula is C14H12N2OS. The van der Waals surface area contributed by atoms with E-state index in [1.54, 1.807) is 17.4 Å². The van der Waals surface area contributed by atoms with Crippen LogP contribution in [-0.2, 0) is 0 Å². The van der Waals surface area contributed by atoms with Crippen LogP contribution in [0.1, 0.15) is 16.1 Å². The van der Waals surface area contributed by atoms with Gasteiger partial charge in [-0.05, 0) is 30.5 Å². The van der Waals surface area contributed by atoms with Crippen molar-refractivity contribution in [1.82, 2.24) is 10.3 Å². The van der Waals surface area contributed by atoms with E-state index in [2.05, 4.69) is 16.2 Å². The molecule has 0 aliphatic carbocycles. The van der Waals surface area contributed by atoms with E-state index in [0.717, 1.165) is 11.3 Å². The SMILES string of the molecule is C#CCNC(=O)c1ccc(-c2ccsc2)nc1C. The second-order valence-electron chi connectivity index (χ2n) is 3.73. The van der Waals surface area contributed by atoms with Gasteiger partial charge < -0.3 is 5.32 Å². The predicted molar refractivity (Wildman–Crippen MR) is 73.5 cm³/mol. The number of nitrogens with one attached hydrogen (secondary N) is 1. The number of hydrogen-bond acceptors (Lipinski definition) is 3. The van der Waals surface area contributed by atoms with Crippen LogP contribution in [0.25, 0.3) is 11.3 Å². The standard InChI is InChI=1S/C14H12N2OS/c1-3-7-15-14(17)12-4-5-13(16-10(12)2)11-6-8-18-9-11/h1,4-6,8-9H,7H2,2H3,(H,15,17). The molecule has 0 saturated heterocycles. The van der Waals surface area contributed by atoms with Crippen LogP contribution in [0.15, 0.2) is 29.0 Å². The number of pyridine rings is 1. The molecule has 0 bridgehead atoms. The van der Waals surface area contributed by atoms with Gasteiger partial charge in [-0.25, -0.2) is 0 Å². The highest BCUT2D eigenvalue weighted by Crippen LogP contribution is 2.21. The monoisotopic (exact) mass is 256 g/mol. The van der Waals surface area contributed by atoms with Crippen LogP contribution in [0, 0.1) is 19.3 Å². The van der Waals surface area contributed by atoms with Gasteiger partial charge in [-0.1, -0.05) is 5.92 Å². The zero-order valence-corrected chi connectivity index (χ0v) is 10.8. The van der Waals surface area contributed by atoms with Crippen molar-refractivity contribution in [2.45, 2.75) is 6.92 Å². The number of aromatic nitrogens is 1. The van der Waals surface area contributed by atoms with Crippen molar-refractivity contribution in [3.8, 4) is 23.6 Å². The number of carbonyl (C=O) groups is 1. The van der Waals surface area contributed by atoms with E-state index < -0.39 is 0 Å². The Bertz CT molecular complexity index is 597. The van der Waals surface area contributed by atoms with Gasteiger partial charge in [0.15, 0.2) is 0 Å². The maximum Gasteiger partial charge on any atom is 0.253 e. The summed E-state index contributed by atoms with van der Waals surface area (Å²) in [5, 5.41) is 6.66. The van der Waals surface area contributed by atoms with Gasteiger partial charge in [-0.2, -0.15) is 11.3 Å². The first-order valence-electron chi connectivity index (χ1n) is 5.44. The van der Waals surface area contributed by atoms with Gasteiger partial charge in [0, 0.05) is 10.9 Å². The molecule has 90 valence electrons. The first-order valence-corrected chi connectivity index (χ1v) is 6.38. The summed E-state index contributed by atoms with van der Waals surface area (Å²) in [6.45, 7) is 2.05. The fourth-order valence-corrected chi connectivity index (χ4v) is 2.25. The van der Waals surface area contributed by atoms with E-state index in [0.29, 0.717) is 11.3 Å². The van der Waals surface area contributed by atoms with E-state index in [4.69, 9.17) is 6.42 Å². The Kier molecular flexibility index (Phi) is 3.75. The minimum absolute atomic E-state index is 0.185. The van der Waals surface area contributed by atoms with Crippen LogP contribution < -0.4 is 5.32 Å². The van der Waals surface area contributed by atoms with Crippen LogP contribution in [0.2, 0.25) is 0 Å². The summed E-state index contributed by atoms with van der Waals surface area (Å²) in [4.78, 5) is 16.2. The molecule has 0 atom stereocenters. The third-order valence-corrected chi connectivity index (χ3v) is 3.18. The van der Waals surface area contributed by atoms with E-state index in [1.165, 1.54) is 0 Å². The number of hydrogen-bond donors (Lipinski definition) is 1. The Balaban J connectivity index is 2.26. The van der Waals surface area contributed by atoms with Gasteiger partial charge in [-0.15, -0.1) is 6.42 Å². The van der Waals surface area contributed by atoms with Gasteiger partial charge in [0.2, 0.25) is 0 Å². The van der Waals surface area contributed by atoms with Crippen molar-refractivity contribution in [3.05, 3.63) is 40.2 Å². The molecule has 0 unspecified atom stereocenters. The largest absolute Gasteiger partial charge is 0.341 e. The fourth-order valence-electron chi connectivity index (χ4n) is 1.60. The number of nitrogens with zero attached hydrogens (tertiary/aromatic N) is 1. The lowest BCUT2D eigenvalue weighted by Gasteiger charge is -2.06. The van der Waals surface area contributed by atoms with E-state index in [9.17, 15) is 4.79 Å². The average molecular weight is 256 g/mol. The maximum atomic E-state index is 11.8. The molecule has 4 heteroatoms. The first-order chi connectivity index (χ1) is 8.72. The Hall–Kier alpha value is -2.12. The van der Waals surface area contributed by atoms with Crippen LogP contribution in [0.4, 0.5) is 0 Å². The van der Waals surface area contributed by atoms with Crippen molar-refractivity contribution in [3.63, 3.8) is 0 Å². The van der Waals surface area contributed by atoms with Crippen molar-refractivity contribution >= 4 is 17.2 Å². The van der Waals surface area contributed by atoms with E-state index in [1.807, 2.05) is 29.8 Å². The Morgan fingerprint density at radius 1 is 1.50 bits per heavy atom. The highest BCUT2D eigenvalue weighted by Gasteiger charge is 2.10. The molecule has 2 aromatic heterocycles. The zero-order chi connectivity index (χ0) is 13.0. The van der Waals surface area contributed by atoms with Crippen LogP contribution in [0.5, 0.6) is 0 Å². The van der Waals surface area contributed by atoms with Gasteiger partial charge in [0.05, 0.1) is 23.5 Å². The number of thiophene rings is 1. The van der Waals surface area contributed by atoms with Gasteiger partial charge in [0.1, 0.15) is 0 Å². The van der Waals surface area contributed by atoms with Crippen molar-refractivity contribution in [1.29, 1.82) is 0 Å². The normalized spacial score (nSPS) is 9.78. The topological polar surface area (TPSA) is 42.0 Å². The lowest BCUT2D eigenvalue weighted by atomic mass is 10.1. The minimum Gasteiger partial charge on any atom is -0.341 e. The molecule has 2 aromatic rings. The second-order valence-corrected chi connectivity index (χ2v) is 4.51. The molecule has 0 aliphatic heterocycles. The number of carbonyl (C=O) groups excluding carboxylic acids is 1. The first kappa shape index (κ1) is 12.3. The lowest BCUT2D eigenvalue weighted by Crippen LogP contribution is -2.24. The number of amides is 1. The van der Waals surface area contributed by atoms with Crippen molar-refractivity contribution < 1.29 is 4.79 Å². The van der Waals surface area contributed by atoms with E-state index >= 15 is 0 Å². The molecule has 2 heterocycles. The Morgan fingerprint density at radius 2 is 2.33 bits per heavy atom. The minimum atomic E-state index is -0.185. The maximum absolute atomic E-state index is 11.8. The van der Waals surface area contributed by atoms with E-state index in [-0.39, 0.29) is 12.5 Å². The van der Waals surface area contributed by atoms with Gasteiger partial charge >= 0.3 is 0 Å². The van der Waals surface area contributed by atoms with Gasteiger partial charge in [0.25, 0.3) is 5.91 Å². The Labute approximate surface area is 110 Å². The fraction of sp³-hybridized carbons (Fsp3) is 0.143. The lowest BCUT2D eigenvalue weighted by molar-refractivity contribution is 0.0957. The molecule has 3 nitrogen and oxygen atoms in total. The van der Waals surface area contributed by atoms with Crippen LogP contribution >= 0.6 is 11.3 Å². The molecule has 18 heavy (non-hydrogen) atoms. The summed E-state index contributed by atoms with van der Waals surface area (Å²) in [6, 6.07) is 5.63. The molecule has 0 fully saturated rings. The summed E-state index contributed by atoms with van der Waals surface area (Å²) >= 11 is 1.62. The number of aryl methyl sites for hydroxylation is 1. The summed E-state index contributed by atoms with van der Waals surface area (Å²) in [5.41, 5.74) is 3.21.